The Kier molecular flexibility index (Phi) is 5.39. The number of urea groups is 1. The van der Waals surface area contributed by atoms with Crippen molar-refractivity contribution in [1.82, 2.24) is 15.1 Å². The van der Waals surface area contributed by atoms with Crippen LogP contribution < -0.4 is 10.1 Å². The number of carbonyl (C=O) groups excluding carboxylic acids is 3. The van der Waals surface area contributed by atoms with E-state index in [1.807, 2.05) is 31.2 Å². The summed E-state index contributed by atoms with van der Waals surface area (Å²) < 4.78 is 5.31. The number of nitrogens with one attached hydrogen (secondary N) is 1. The van der Waals surface area contributed by atoms with Gasteiger partial charge in [0.1, 0.15) is 17.8 Å². The van der Waals surface area contributed by atoms with E-state index in [1.54, 1.807) is 14.2 Å². The molecule has 2 fully saturated rings. The van der Waals surface area contributed by atoms with E-state index in [0.29, 0.717) is 18.7 Å². The van der Waals surface area contributed by atoms with Gasteiger partial charge < -0.3 is 15.0 Å². The van der Waals surface area contributed by atoms with Crippen molar-refractivity contribution in [3.05, 3.63) is 29.8 Å². The summed E-state index contributed by atoms with van der Waals surface area (Å²) >= 11 is 0. The third-order valence-electron chi connectivity index (χ3n) is 5.82. The van der Waals surface area contributed by atoms with Gasteiger partial charge in [-0.05, 0) is 24.8 Å². The second kappa shape index (κ2) is 7.58. The summed E-state index contributed by atoms with van der Waals surface area (Å²) in [4.78, 5) is 40.6. The highest BCUT2D eigenvalue weighted by molar-refractivity contribution is 6.09. The quantitative estimate of drug-likeness (QED) is 0.802. The van der Waals surface area contributed by atoms with Gasteiger partial charge in [0.25, 0.3) is 5.91 Å². The standard InChI is InChI=1S/C20H27N3O4/c1-14-8-6-7-11-20(14)18(25)23(19(26)21-20)13-17(24)22(2)12-15-9-4-5-10-16(15)27-3/h4-5,9-10,14H,6-8,11-13H2,1-3H3,(H,21,26)/t14-,20-/m0/s1. The molecule has 0 radical (unpaired) electrons. The summed E-state index contributed by atoms with van der Waals surface area (Å²) in [7, 11) is 3.24. The average Bonchev–Trinajstić information content (AvgIpc) is 2.89. The summed E-state index contributed by atoms with van der Waals surface area (Å²) in [5.41, 5.74) is 0.0297. The maximum atomic E-state index is 13.0. The fourth-order valence-electron chi connectivity index (χ4n) is 4.07. The number of methoxy groups -OCH3 is 1. The fourth-order valence-corrected chi connectivity index (χ4v) is 4.07. The minimum atomic E-state index is -0.836. The number of amides is 4. The van der Waals surface area contributed by atoms with Crippen molar-refractivity contribution in [2.75, 3.05) is 20.7 Å². The van der Waals surface area contributed by atoms with Gasteiger partial charge in [-0.1, -0.05) is 38.0 Å². The van der Waals surface area contributed by atoms with E-state index in [2.05, 4.69) is 5.32 Å². The van der Waals surface area contributed by atoms with Gasteiger partial charge in [-0.15, -0.1) is 0 Å². The fraction of sp³-hybridized carbons (Fsp3) is 0.550. The number of carbonyl (C=O) groups is 3. The van der Waals surface area contributed by atoms with Crippen LogP contribution in [0.1, 0.15) is 38.2 Å². The lowest BCUT2D eigenvalue weighted by atomic mass is 9.73. The Bertz CT molecular complexity index is 750. The molecule has 1 saturated carbocycles. The van der Waals surface area contributed by atoms with E-state index < -0.39 is 11.6 Å². The first-order chi connectivity index (χ1) is 12.9. The maximum absolute atomic E-state index is 13.0. The Morgan fingerprint density at radius 2 is 2.07 bits per heavy atom. The normalized spacial score (nSPS) is 24.9. The Labute approximate surface area is 159 Å². The molecular weight excluding hydrogens is 346 g/mol. The highest BCUT2D eigenvalue weighted by atomic mass is 16.5. The highest BCUT2D eigenvalue weighted by Gasteiger charge is 2.55. The monoisotopic (exact) mass is 373 g/mol. The Balaban J connectivity index is 1.68. The second-order valence-corrected chi connectivity index (χ2v) is 7.50. The number of para-hydroxylation sites is 1. The van der Waals surface area contributed by atoms with Crippen LogP contribution >= 0.6 is 0 Å². The maximum Gasteiger partial charge on any atom is 0.325 e. The molecule has 4 amide bonds. The van der Waals surface area contributed by atoms with Gasteiger partial charge in [-0.3, -0.25) is 14.5 Å². The number of nitrogens with zero attached hydrogens (tertiary/aromatic N) is 2. The van der Waals surface area contributed by atoms with Gasteiger partial charge in [0.2, 0.25) is 5.91 Å². The van der Waals surface area contributed by atoms with Crippen molar-refractivity contribution in [3.63, 3.8) is 0 Å². The van der Waals surface area contributed by atoms with Crippen molar-refractivity contribution in [2.24, 2.45) is 5.92 Å². The highest BCUT2D eigenvalue weighted by Crippen LogP contribution is 2.38. The van der Waals surface area contributed by atoms with Crippen LogP contribution in [0.2, 0.25) is 0 Å². The summed E-state index contributed by atoms with van der Waals surface area (Å²) in [5.74, 6) is 0.222. The number of hydrogen-bond acceptors (Lipinski definition) is 4. The molecule has 3 rings (SSSR count). The van der Waals surface area contributed by atoms with Crippen LogP contribution in [-0.2, 0) is 16.1 Å². The second-order valence-electron chi connectivity index (χ2n) is 7.50. The first-order valence-corrected chi connectivity index (χ1v) is 9.39. The Hall–Kier alpha value is -2.57. The molecule has 0 bridgehead atoms. The van der Waals surface area contributed by atoms with Gasteiger partial charge in [0, 0.05) is 19.2 Å². The molecule has 1 aliphatic heterocycles. The lowest BCUT2D eigenvalue weighted by Crippen LogP contribution is -2.54. The van der Waals surface area contributed by atoms with E-state index >= 15 is 0 Å². The van der Waals surface area contributed by atoms with Crippen LogP contribution in [0.3, 0.4) is 0 Å². The van der Waals surface area contributed by atoms with Crippen LogP contribution in [0.15, 0.2) is 24.3 Å². The lowest BCUT2D eigenvalue weighted by molar-refractivity contribution is -0.140. The van der Waals surface area contributed by atoms with E-state index in [4.69, 9.17) is 4.74 Å². The summed E-state index contributed by atoms with van der Waals surface area (Å²) in [6.07, 6.45) is 3.51. The first kappa shape index (κ1) is 19.2. The number of benzene rings is 1. The molecule has 0 unspecified atom stereocenters. The summed E-state index contributed by atoms with van der Waals surface area (Å²) in [5, 5.41) is 2.88. The van der Waals surface area contributed by atoms with Crippen LogP contribution in [0.4, 0.5) is 4.79 Å². The molecule has 146 valence electrons. The van der Waals surface area contributed by atoms with Crippen molar-refractivity contribution in [1.29, 1.82) is 0 Å². The zero-order valence-corrected chi connectivity index (χ0v) is 16.2. The number of rotatable bonds is 5. The molecule has 2 atom stereocenters. The molecule has 2 aliphatic rings. The van der Waals surface area contributed by atoms with E-state index in [1.165, 1.54) is 4.90 Å². The molecule has 1 spiro atoms. The number of imide groups is 1. The molecule has 1 aromatic carbocycles. The Morgan fingerprint density at radius 1 is 1.33 bits per heavy atom. The van der Waals surface area contributed by atoms with Gasteiger partial charge in [0.15, 0.2) is 0 Å². The van der Waals surface area contributed by atoms with Crippen LogP contribution in [0, 0.1) is 5.92 Å². The van der Waals surface area contributed by atoms with Crippen molar-refractivity contribution >= 4 is 17.8 Å². The molecular formula is C20H27N3O4. The molecule has 0 aromatic heterocycles. The molecule has 7 nitrogen and oxygen atoms in total. The summed E-state index contributed by atoms with van der Waals surface area (Å²) in [6.45, 7) is 2.09. The third kappa shape index (κ3) is 3.50. The van der Waals surface area contributed by atoms with Gasteiger partial charge in [-0.25, -0.2) is 4.79 Å². The van der Waals surface area contributed by atoms with Crippen LogP contribution in [-0.4, -0.2) is 53.9 Å². The van der Waals surface area contributed by atoms with Crippen LogP contribution in [0.25, 0.3) is 0 Å². The van der Waals surface area contributed by atoms with Gasteiger partial charge >= 0.3 is 6.03 Å². The molecule has 1 heterocycles. The largest absolute Gasteiger partial charge is 0.496 e. The molecule has 1 aromatic rings. The van der Waals surface area contributed by atoms with Crippen LogP contribution in [0.5, 0.6) is 5.75 Å². The lowest BCUT2D eigenvalue weighted by Gasteiger charge is -2.36. The summed E-state index contributed by atoms with van der Waals surface area (Å²) in [6, 6.07) is 6.99. The predicted octanol–water partition coefficient (Wildman–Crippen LogP) is 2.15. The zero-order valence-electron chi connectivity index (χ0n) is 16.2. The molecule has 1 saturated heterocycles. The molecule has 27 heavy (non-hydrogen) atoms. The van der Waals surface area contributed by atoms with Gasteiger partial charge in [-0.2, -0.15) is 0 Å². The number of hydrogen-bond donors (Lipinski definition) is 1. The SMILES string of the molecule is COc1ccccc1CN(C)C(=O)CN1C(=O)N[C@]2(CCCC[C@@H]2C)C1=O. The van der Waals surface area contributed by atoms with E-state index in [9.17, 15) is 14.4 Å². The zero-order chi connectivity index (χ0) is 19.6. The average molecular weight is 373 g/mol. The minimum absolute atomic E-state index is 0.0779. The van der Waals surface area contributed by atoms with Crippen molar-refractivity contribution in [3.8, 4) is 5.75 Å². The Morgan fingerprint density at radius 3 is 2.78 bits per heavy atom. The molecule has 7 heteroatoms. The first-order valence-electron chi connectivity index (χ1n) is 9.39. The van der Waals surface area contributed by atoms with E-state index in [0.717, 1.165) is 29.7 Å². The smallest absolute Gasteiger partial charge is 0.325 e. The van der Waals surface area contributed by atoms with E-state index in [-0.39, 0.29) is 24.3 Å². The predicted molar refractivity (Wildman–Crippen MR) is 100 cm³/mol. The minimum Gasteiger partial charge on any atom is -0.496 e. The molecule has 1 N–H and O–H groups in total. The number of likely N-dealkylation sites (N-methyl/N-ethyl adjacent to an activating group) is 1. The molecule has 1 aliphatic carbocycles. The topological polar surface area (TPSA) is 79.0 Å². The van der Waals surface area contributed by atoms with Crippen molar-refractivity contribution in [2.45, 2.75) is 44.7 Å². The van der Waals surface area contributed by atoms with Crippen molar-refractivity contribution < 1.29 is 19.1 Å². The number of ether oxygens (including phenoxy) is 1. The van der Waals surface area contributed by atoms with Gasteiger partial charge in [0.05, 0.1) is 7.11 Å². The third-order valence-corrected chi connectivity index (χ3v) is 5.82.